The molecule has 0 aliphatic carbocycles. The van der Waals surface area contributed by atoms with E-state index in [-0.39, 0.29) is 5.69 Å². The van der Waals surface area contributed by atoms with Gasteiger partial charge in [-0.25, -0.2) is 0 Å². The average Bonchev–Trinajstić information content (AvgIpc) is 3.02. The normalized spacial score (nSPS) is 11.0. The summed E-state index contributed by atoms with van der Waals surface area (Å²) in [5.74, 6) is 0.803. The first kappa shape index (κ1) is 14.2. The van der Waals surface area contributed by atoms with Crippen LogP contribution in [0.1, 0.15) is 5.76 Å². The van der Waals surface area contributed by atoms with Crippen LogP contribution < -0.4 is 5.32 Å². The van der Waals surface area contributed by atoms with Crippen molar-refractivity contribution in [3.05, 3.63) is 76.8 Å². The van der Waals surface area contributed by atoms with Crippen molar-refractivity contribution in [1.29, 1.82) is 0 Å². The molecule has 2 heterocycles. The quantitative estimate of drug-likeness (QED) is 0.442. The summed E-state index contributed by atoms with van der Waals surface area (Å²) >= 11 is 0. The highest BCUT2D eigenvalue weighted by Crippen LogP contribution is 2.31. The molecule has 4 rings (SSSR count). The van der Waals surface area contributed by atoms with Gasteiger partial charge in [-0.1, -0.05) is 18.2 Å². The van der Waals surface area contributed by atoms with E-state index in [0.717, 1.165) is 27.8 Å². The number of para-hydroxylation sites is 1. The van der Waals surface area contributed by atoms with Crippen LogP contribution in [0.4, 0.5) is 11.4 Å². The van der Waals surface area contributed by atoms with Crippen LogP contribution in [0.3, 0.4) is 0 Å². The Hall–Kier alpha value is -3.41. The van der Waals surface area contributed by atoms with Crippen LogP contribution in [0.25, 0.3) is 21.7 Å². The number of nitro benzene ring substituents is 1. The maximum absolute atomic E-state index is 11.1. The second kappa shape index (κ2) is 5.66. The Bertz CT molecular complexity index is 1020. The lowest BCUT2D eigenvalue weighted by Gasteiger charge is -2.08. The Morgan fingerprint density at radius 2 is 2.00 bits per heavy atom. The summed E-state index contributed by atoms with van der Waals surface area (Å²) in [6.07, 6.45) is 3.14. The number of fused-ring (bicyclic) bond motifs is 2. The van der Waals surface area contributed by atoms with E-state index in [4.69, 9.17) is 4.42 Å². The van der Waals surface area contributed by atoms with Gasteiger partial charge in [0.25, 0.3) is 5.69 Å². The molecule has 1 N–H and O–H groups in total. The summed E-state index contributed by atoms with van der Waals surface area (Å²) < 4.78 is 5.78. The van der Waals surface area contributed by atoms with Crippen molar-refractivity contribution in [2.75, 3.05) is 5.32 Å². The van der Waals surface area contributed by atoms with Crippen molar-refractivity contribution in [3.63, 3.8) is 0 Å². The Labute approximate surface area is 136 Å². The van der Waals surface area contributed by atoms with Gasteiger partial charge in [0.05, 0.1) is 16.9 Å². The van der Waals surface area contributed by atoms with Gasteiger partial charge in [0.2, 0.25) is 0 Å². The molecule has 24 heavy (non-hydrogen) atoms. The van der Waals surface area contributed by atoms with Crippen molar-refractivity contribution in [3.8, 4) is 0 Å². The number of hydrogen-bond acceptors (Lipinski definition) is 5. The van der Waals surface area contributed by atoms with E-state index in [2.05, 4.69) is 10.3 Å². The number of benzene rings is 2. The Morgan fingerprint density at radius 1 is 1.12 bits per heavy atom. The van der Waals surface area contributed by atoms with E-state index < -0.39 is 4.92 Å². The molecule has 0 spiro atoms. The van der Waals surface area contributed by atoms with Crippen LogP contribution >= 0.6 is 0 Å². The number of rotatable bonds is 4. The summed E-state index contributed by atoms with van der Waals surface area (Å²) in [4.78, 5) is 14.7. The van der Waals surface area contributed by atoms with Crippen molar-refractivity contribution in [1.82, 2.24) is 4.98 Å². The molecule has 0 amide bonds. The molecule has 6 nitrogen and oxygen atoms in total. The second-order valence-electron chi connectivity index (χ2n) is 5.41. The van der Waals surface area contributed by atoms with E-state index in [1.54, 1.807) is 18.3 Å². The van der Waals surface area contributed by atoms with Crippen LogP contribution in [0, 0.1) is 10.1 Å². The first-order valence-corrected chi connectivity index (χ1v) is 7.45. The third-order valence-corrected chi connectivity index (χ3v) is 3.92. The van der Waals surface area contributed by atoms with E-state index >= 15 is 0 Å². The summed E-state index contributed by atoms with van der Waals surface area (Å²) in [5.41, 5.74) is 1.69. The van der Waals surface area contributed by atoms with Crippen molar-refractivity contribution < 1.29 is 9.34 Å². The lowest BCUT2D eigenvalue weighted by atomic mass is 10.1. The third-order valence-electron chi connectivity index (χ3n) is 3.92. The predicted octanol–water partition coefficient (Wildman–Crippen LogP) is 4.50. The Morgan fingerprint density at radius 3 is 2.83 bits per heavy atom. The number of pyridine rings is 1. The molecule has 4 aromatic rings. The number of nitro groups is 1. The van der Waals surface area contributed by atoms with E-state index in [9.17, 15) is 10.1 Å². The molecule has 0 aliphatic heterocycles. The number of aromatic nitrogens is 1. The maximum Gasteiger partial charge on any atom is 0.278 e. The lowest BCUT2D eigenvalue weighted by molar-refractivity contribution is -0.383. The molecular formula is C18H13N3O3. The predicted molar refractivity (Wildman–Crippen MR) is 91.9 cm³/mol. The first-order chi connectivity index (χ1) is 11.7. The summed E-state index contributed by atoms with van der Waals surface area (Å²) in [6.45, 7) is 0.490. The van der Waals surface area contributed by atoms with Crippen LogP contribution in [0.2, 0.25) is 0 Å². The largest absolute Gasteiger partial charge is 0.459 e. The summed E-state index contributed by atoms with van der Waals surface area (Å²) in [5, 5.41) is 16.8. The van der Waals surface area contributed by atoms with Gasteiger partial charge in [-0.3, -0.25) is 15.1 Å². The fraction of sp³-hybridized carbons (Fsp3) is 0.0556. The monoisotopic (exact) mass is 319 g/mol. The molecule has 0 aliphatic rings. The van der Waals surface area contributed by atoms with Gasteiger partial charge in [-0.2, -0.15) is 0 Å². The molecule has 0 unspecified atom stereocenters. The number of nitrogens with one attached hydrogen (secondary N) is 1. The maximum atomic E-state index is 11.1. The molecule has 0 fully saturated rings. The minimum atomic E-state index is -0.396. The van der Waals surface area contributed by atoms with Gasteiger partial charge in [0, 0.05) is 34.9 Å². The van der Waals surface area contributed by atoms with Crippen LogP contribution in [-0.4, -0.2) is 9.91 Å². The number of anilines is 1. The number of nitrogens with zero attached hydrogens (tertiary/aromatic N) is 2. The van der Waals surface area contributed by atoms with Crippen LogP contribution in [0.15, 0.2) is 65.3 Å². The molecule has 6 heteroatoms. The highest BCUT2D eigenvalue weighted by atomic mass is 16.6. The zero-order chi connectivity index (χ0) is 16.5. The topological polar surface area (TPSA) is 81.2 Å². The molecule has 0 bridgehead atoms. The fourth-order valence-electron chi connectivity index (χ4n) is 2.79. The smallest absolute Gasteiger partial charge is 0.278 e. The molecule has 2 aromatic carbocycles. The third kappa shape index (κ3) is 2.44. The first-order valence-electron chi connectivity index (χ1n) is 7.45. The Kier molecular flexibility index (Phi) is 3.35. The molecule has 0 saturated heterocycles. The highest BCUT2D eigenvalue weighted by Gasteiger charge is 2.14. The van der Waals surface area contributed by atoms with E-state index in [1.165, 1.54) is 12.3 Å². The van der Waals surface area contributed by atoms with Crippen LogP contribution in [0.5, 0.6) is 0 Å². The zero-order valence-electron chi connectivity index (χ0n) is 12.6. The van der Waals surface area contributed by atoms with Gasteiger partial charge in [0.15, 0.2) is 0 Å². The zero-order valence-corrected chi connectivity index (χ0v) is 12.6. The summed E-state index contributed by atoms with van der Waals surface area (Å²) in [7, 11) is 0. The molecule has 2 aromatic heterocycles. The minimum Gasteiger partial charge on any atom is -0.459 e. The Balaban J connectivity index is 1.67. The van der Waals surface area contributed by atoms with Crippen molar-refractivity contribution >= 4 is 33.1 Å². The van der Waals surface area contributed by atoms with Gasteiger partial charge < -0.3 is 9.73 Å². The van der Waals surface area contributed by atoms with Gasteiger partial charge in [0.1, 0.15) is 11.3 Å². The number of furan rings is 1. The second-order valence-corrected chi connectivity index (χ2v) is 5.41. The lowest BCUT2D eigenvalue weighted by Crippen LogP contribution is -2.00. The van der Waals surface area contributed by atoms with Crippen LogP contribution in [-0.2, 0) is 6.54 Å². The summed E-state index contributed by atoms with van der Waals surface area (Å²) in [6, 6.07) is 14.8. The molecule has 118 valence electrons. The SMILES string of the molecule is O=[N+]([O-])c1ccc(NCc2cc3ccccc3o2)c2ccncc12. The standard InChI is InChI=1S/C18H13N3O3/c22-21(23)17-6-5-16(14-7-8-19-11-15(14)17)20-10-13-9-12-3-1-2-4-18(12)24-13/h1-9,11,20H,10H2. The van der Waals surface area contributed by atoms with Crippen molar-refractivity contribution in [2.45, 2.75) is 6.54 Å². The number of non-ortho nitro benzene ring substituents is 1. The number of hydrogen-bond donors (Lipinski definition) is 1. The minimum absolute atomic E-state index is 0.0485. The van der Waals surface area contributed by atoms with E-state index in [0.29, 0.717) is 11.9 Å². The highest BCUT2D eigenvalue weighted by molar-refractivity contribution is 5.99. The molecule has 0 atom stereocenters. The average molecular weight is 319 g/mol. The fourth-order valence-corrected chi connectivity index (χ4v) is 2.79. The van der Waals surface area contributed by atoms with Gasteiger partial charge in [-0.05, 0) is 24.3 Å². The van der Waals surface area contributed by atoms with Gasteiger partial charge >= 0.3 is 0 Å². The molecular weight excluding hydrogens is 306 g/mol. The molecule has 0 radical (unpaired) electrons. The van der Waals surface area contributed by atoms with Gasteiger partial charge in [-0.15, -0.1) is 0 Å². The van der Waals surface area contributed by atoms with E-state index in [1.807, 2.05) is 30.3 Å². The molecule has 0 saturated carbocycles. The van der Waals surface area contributed by atoms with Crippen molar-refractivity contribution in [2.24, 2.45) is 0 Å².